The van der Waals surface area contributed by atoms with E-state index >= 15 is 0 Å². The van der Waals surface area contributed by atoms with E-state index in [2.05, 4.69) is 57.0 Å². The van der Waals surface area contributed by atoms with Crippen LogP contribution in [0.1, 0.15) is 90.4 Å². The zero-order valence-electron chi connectivity index (χ0n) is 32.4. The number of unbranched alkanes of at least 4 members (excludes halogenated alkanes) is 2. The van der Waals surface area contributed by atoms with Crippen LogP contribution in [0.4, 0.5) is 21.9 Å². The van der Waals surface area contributed by atoms with Gasteiger partial charge in [-0.1, -0.05) is 18.0 Å². The van der Waals surface area contributed by atoms with Crippen LogP contribution in [0.3, 0.4) is 0 Å². The normalized spacial score (nSPS) is 18.7. The molecule has 58 heavy (non-hydrogen) atoms. The number of nitrogens with one attached hydrogen (secondary N) is 3. The van der Waals surface area contributed by atoms with E-state index in [1.54, 1.807) is 23.5 Å². The first-order valence-corrected chi connectivity index (χ1v) is 20.2. The number of carbonyl (C=O) groups is 4. The number of hydrogen-bond donors (Lipinski definition) is 3. The number of aromatic nitrogens is 6. The summed E-state index contributed by atoms with van der Waals surface area (Å²) in [4.78, 5) is 70.2. The van der Waals surface area contributed by atoms with Gasteiger partial charge < -0.3 is 25.0 Å². The van der Waals surface area contributed by atoms with Gasteiger partial charge in [0.2, 0.25) is 23.5 Å². The summed E-state index contributed by atoms with van der Waals surface area (Å²) >= 11 is 0. The number of carbonyl (C=O) groups excluding carboxylic acids is 4. The fourth-order valence-corrected chi connectivity index (χ4v) is 8.45. The second-order valence-electron chi connectivity index (χ2n) is 15.6. The number of pyridine rings is 1. The van der Waals surface area contributed by atoms with Crippen molar-refractivity contribution >= 4 is 46.5 Å². The van der Waals surface area contributed by atoms with E-state index in [1.807, 2.05) is 35.7 Å². The molecule has 0 bridgehead atoms. The van der Waals surface area contributed by atoms with Gasteiger partial charge in [0.15, 0.2) is 5.65 Å². The van der Waals surface area contributed by atoms with Crippen molar-refractivity contribution in [2.75, 3.05) is 48.3 Å². The number of piperazine rings is 1. The van der Waals surface area contributed by atoms with Gasteiger partial charge in [0.1, 0.15) is 11.7 Å². The third-order valence-electron chi connectivity index (χ3n) is 11.8. The highest BCUT2D eigenvalue weighted by molar-refractivity contribution is 6.05. The Hall–Kier alpha value is -6.23. The molecule has 3 fully saturated rings. The molecule has 1 aliphatic carbocycles. The molecule has 2 saturated heterocycles. The predicted molar refractivity (Wildman–Crippen MR) is 213 cm³/mol. The van der Waals surface area contributed by atoms with Gasteiger partial charge in [-0.15, -0.1) is 0 Å². The van der Waals surface area contributed by atoms with Gasteiger partial charge >= 0.3 is 6.03 Å². The molecule has 1 atom stereocenters. The molecule has 5 aromatic rings. The van der Waals surface area contributed by atoms with Gasteiger partial charge in [0.05, 0.1) is 35.7 Å². The van der Waals surface area contributed by atoms with Crippen molar-refractivity contribution in [3.63, 3.8) is 0 Å². The number of urea groups is 1. The highest BCUT2D eigenvalue weighted by Crippen LogP contribution is 2.39. The molecular formula is C41H46N12O5. The molecule has 3 N–H and O–H groups in total. The van der Waals surface area contributed by atoms with E-state index < -0.39 is 11.9 Å². The van der Waals surface area contributed by atoms with Crippen molar-refractivity contribution in [1.29, 1.82) is 0 Å². The number of nitrogens with zero attached hydrogens (tertiary/aromatic N) is 9. The Kier molecular flexibility index (Phi) is 10.3. The van der Waals surface area contributed by atoms with Crippen LogP contribution in [0.2, 0.25) is 0 Å². The number of rotatable bonds is 12. The van der Waals surface area contributed by atoms with Gasteiger partial charge in [-0.25, -0.2) is 14.3 Å². The van der Waals surface area contributed by atoms with Crippen molar-refractivity contribution < 1.29 is 23.7 Å². The van der Waals surface area contributed by atoms with Gasteiger partial charge in [-0.2, -0.15) is 10.1 Å². The van der Waals surface area contributed by atoms with E-state index in [1.165, 1.54) is 0 Å². The third-order valence-corrected chi connectivity index (χ3v) is 11.8. The minimum absolute atomic E-state index is 0.147. The molecule has 0 radical (unpaired) electrons. The standard InChI is InChI=1S/C41H46N12O5/c1-25-20-28(45-41(57)46-31-23-42-33-13-14-44-53(33)37(31)26-6-5-7-26)22-43-36(25)38-48-35(58-49-38)8-3-2-4-15-50-16-18-51(19-17-50)29-9-10-30-27(21-29)24-52(40(30)56)32-11-12-34(54)47-39(32)55/h9-10,13-14,20-23,26,32H,2-8,11-12,15-19,24H2,1H3,(H2,45,46,57)(H,47,54,55). The maximum absolute atomic E-state index is 13.1. The van der Waals surface area contributed by atoms with E-state index in [-0.39, 0.29) is 24.3 Å². The van der Waals surface area contributed by atoms with Crippen LogP contribution in [-0.4, -0.2) is 102 Å². The van der Waals surface area contributed by atoms with Crippen molar-refractivity contribution in [3.05, 3.63) is 77.2 Å². The lowest BCUT2D eigenvalue weighted by atomic mass is 9.82. The summed E-state index contributed by atoms with van der Waals surface area (Å²) < 4.78 is 7.39. The van der Waals surface area contributed by atoms with E-state index in [4.69, 9.17) is 4.52 Å². The van der Waals surface area contributed by atoms with Crippen LogP contribution in [0.25, 0.3) is 17.2 Å². The number of benzene rings is 1. The lowest BCUT2D eigenvalue weighted by molar-refractivity contribution is -0.136. The van der Waals surface area contributed by atoms with Crippen LogP contribution in [0, 0.1) is 6.92 Å². The number of anilines is 3. The first kappa shape index (κ1) is 37.4. The second-order valence-corrected chi connectivity index (χ2v) is 15.6. The summed E-state index contributed by atoms with van der Waals surface area (Å²) in [6.07, 6.45) is 12.6. The number of piperidine rings is 1. The van der Waals surface area contributed by atoms with E-state index in [0.29, 0.717) is 59.7 Å². The maximum atomic E-state index is 13.1. The Balaban J connectivity index is 0.703. The molecular weight excluding hydrogens is 741 g/mol. The summed E-state index contributed by atoms with van der Waals surface area (Å²) in [7, 11) is 0. The first-order chi connectivity index (χ1) is 28.3. The minimum atomic E-state index is -0.606. The van der Waals surface area contributed by atoms with Crippen molar-refractivity contribution in [3.8, 4) is 11.5 Å². The van der Waals surface area contributed by atoms with Crippen molar-refractivity contribution in [1.82, 2.24) is 44.8 Å². The number of imide groups is 1. The van der Waals surface area contributed by atoms with Gasteiger partial charge in [-0.05, 0) is 81.0 Å². The number of hydrogen-bond acceptors (Lipinski definition) is 12. The number of fused-ring (bicyclic) bond motifs is 2. The fourth-order valence-electron chi connectivity index (χ4n) is 8.45. The smallest absolute Gasteiger partial charge is 0.323 e. The van der Waals surface area contributed by atoms with Crippen LogP contribution >= 0.6 is 0 Å². The Morgan fingerprint density at radius 3 is 2.62 bits per heavy atom. The fraction of sp³-hybridized carbons (Fsp3) is 0.439. The average Bonchev–Trinajstić information content (AvgIpc) is 3.94. The quantitative estimate of drug-likeness (QED) is 0.117. The Morgan fingerprint density at radius 2 is 1.83 bits per heavy atom. The Morgan fingerprint density at radius 1 is 0.966 bits per heavy atom. The summed E-state index contributed by atoms with van der Waals surface area (Å²) in [5.74, 6) is 0.514. The zero-order valence-corrected chi connectivity index (χ0v) is 32.4. The van der Waals surface area contributed by atoms with Crippen LogP contribution in [0.5, 0.6) is 0 Å². The summed E-state index contributed by atoms with van der Waals surface area (Å²) in [6, 6.07) is 8.66. The minimum Gasteiger partial charge on any atom is -0.369 e. The van der Waals surface area contributed by atoms with Crippen molar-refractivity contribution in [2.45, 2.75) is 83.2 Å². The van der Waals surface area contributed by atoms with E-state index in [9.17, 15) is 19.2 Å². The molecule has 9 rings (SSSR count). The van der Waals surface area contributed by atoms with Crippen LogP contribution in [-0.2, 0) is 22.6 Å². The number of amides is 5. The van der Waals surface area contributed by atoms with Crippen LogP contribution < -0.4 is 20.9 Å². The molecule has 4 aromatic heterocycles. The highest BCUT2D eigenvalue weighted by atomic mass is 16.5. The third kappa shape index (κ3) is 7.60. The highest BCUT2D eigenvalue weighted by Gasteiger charge is 2.39. The summed E-state index contributed by atoms with van der Waals surface area (Å²) in [5.41, 5.74) is 6.99. The molecule has 1 unspecified atom stereocenters. The lowest BCUT2D eigenvalue weighted by Crippen LogP contribution is -2.52. The van der Waals surface area contributed by atoms with Crippen molar-refractivity contribution in [2.24, 2.45) is 0 Å². The zero-order chi connectivity index (χ0) is 39.8. The summed E-state index contributed by atoms with van der Waals surface area (Å²) in [6.45, 7) is 7.01. The molecule has 1 saturated carbocycles. The first-order valence-electron chi connectivity index (χ1n) is 20.2. The average molecular weight is 787 g/mol. The largest absolute Gasteiger partial charge is 0.369 e. The predicted octanol–water partition coefficient (Wildman–Crippen LogP) is 4.69. The summed E-state index contributed by atoms with van der Waals surface area (Å²) in [5, 5.41) is 16.8. The van der Waals surface area contributed by atoms with E-state index in [0.717, 1.165) is 99.4 Å². The maximum Gasteiger partial charge on any atom is 0.323 e. The molecule has 4 aliphatic rings. The lowest BCUT2D eigenvalue weighted by Gasteiger charge is -2.36. The molecule has 3 aliphatic heterocycles. The van der Waals surface area contributed by atoms with Gasteiger partial charge in [0.25, 0.3) is 5.91 Å². The monoisotopic (exact) mass is 786 g/mol. The Labute approximate surface area is 334 Å². The molecule has 7 heterocycles. The molecule has 17 heteroatoms. The molecule has 300 valence electrons. The molecule has 0 spiro atoms. The van der Waals surface area contributed by atoms with Gasteiger partial charge in [-0.3, -0.25) is 29.6 Å². The topological polar surface area (TPSA) is 196 Å². The SMILES string of the molecule is Cc1cc(NC(=O)Nc2cnc3ccnn3c2C2CCC2)cnc1-c1noc(CCCCCN2CCN(c3ccc4c(c3)CN(C3CCC(=O)NC3=O)C4=O)CC2)n1. The molecule has 1 aromatic carbocycles. The molecule has 5 amide bonds. The number of aryl methyl sites for hydroxylation is 2. The van der Waals surface area contributed by atoms with Gasteiger partial charge in [0, 0.05) is 68.8 Å². The second kappa shape index (κ2) is 16.0. The molecule has 17 nitrogen and oxygen atoms in total. The Bertz CT molecular complexity index is 2380. The van der Waals surface area contributed by atoms with Crippen LogP contribution in [0.15, 0.2) is 53.4 Å².